The van der Waals surface area contributed by atoms with Gasteiger partial charge in [-0.2, -0.15) is 36.3 Å². The quantitative estimate of drug-likeness (QED) is 0.693. The van der Waals surface area contributed by atoms with Crippen molar-refractivity contribution in [2.75, 3.05) is 12.4 Å². The number of rotatable bonds is 3. The maximum Gasteiger partial charge on any atom is 0.416 e. The van der Waals surface area contributed by atoms with Crippen molar-refractivity contribution < 1.29 is 35.7 Å². The Labute approximate surface area is 139 Å². The molecule has 0 unspecified atom stereocenters. The summed E-state index contributed by atoms with van der Waals surface area (Å²) >= 11 is 0. The van der Waals surface area contributed by atoms with E-state index in [1.54, 1.807) is 0 Å². The van der Waals surface area contributed by atoms with E-state index >= 15 is 0 Å². The van der Waals surface area contributed by atoms with Crippen LogP contribution in [-0.4, -0.2) is 27.4 Å². The number of alkyl halides is 6. The zero-order chi connectivity index (χ0) is 19.1. The number of anilines is 2. The Morgan fingerprint density at radius 2 is 1.42 bits per heavy atom. The van der Waals surface area contributed by atoms with Crippen LogP contribution in [0.5, 0.6) is 5.88 Å². The fourth-order valence-electron chi connectivity index (χ4n) is 2.01. The number of nitrogens with one attached hydrogen (secondary N) is 1. The van der Waals surface area contributed by atoms with Gasteiger partial charge in [0, 0.05) is 5.69 Å². The number of benzene rings is 1. The van der Waals surface area contributed by atoms with Gasteiger partial charge in [-0.15, -0.1) is 0 Å². The highest BCUT2D eigenvalue weighted by atomic mass is 19.4. The molecule has 0 spiro atoms. The molecule has 138 valence electrons. The first-order valence-corrected chi connectivity index (χ1v) is 6.69. The molecule has 2 aromatic heterocycles. The molecule has 0 aliphatic rings. The lowest BCUT2D eigenvalue weighted by atomic mass is 10.1. The van der Waals surface area contributed by atoms with Crippen LogP contribution in [0.15, 0.2) is 22.8 Å². The molecule has 0 saturated heterocycles. The van der Waals surface area contributed by atoms with E-state index < -0.39 is 29.2 Å². The summed E-state index contributed by atoms with van der Waals surface area (Å²) in [5.41, 5.74) is -3.64. The highest BCUT2D eigenvalue weighted by Gasteiger charge is 2.37. The van der Waals surface area contributed by atoms with E-state index in [-0.39, 0.29) is 29.1 Å². The molecule has 0 atom stereocenters. The molecule has 0 aliphatic heterocycles. The molecule has 1 N–H and O–H groups in total. The first kappa shape index (κ1) is 17.7. The Hall–Kier alpha value is -3.12. The third-order valence-corrected chi connectivity index (χ3v) is 3.13. The number of aromatic nitrogens is 4. The van der Waals surface area contributed by atoms with Crippen LogP contribution in [-0.2, 0) is 12.4 Å². The zero-order valence-electron chi connectivity index (χ0n) is 12.6. The third-order valence-electron chi connectivity index (χ3n) is 3.13. The average molecular weight is 379 g/mol. The van der Waals surface area contributed by atoms with E-state index in [2.05, 4.69) is 30.2 Å². The Kier molecular flexibility index (Phi) is 4.08. The van der Waals surface area contributed by atoms with E-state index in [1.165, 1.54) is 7.11 Å². The predicted octanol–water partition coefficient (Wildman–Crippen LogP) is 3.80. The second kappa shape index (κ2) is 6.00. The van der Waals surface area contributed by atoms with Gasteiger partial charge in [0.05, 0.1) is 18.2 Å². The molecule has 7 nitrogen and oxygen atoms in total. The highest BCUT2D eigenvalue weighted by molar-refractivity contribution is 5.71. The summed E-state index contributed by atoms with van der Waals surface area (Å²) in [7, 11) is 1.18. The molecule has 0 bridgehead atoms. The summed E-state index contributed by atoms with van der Waals surface area (Å²) in [6.07, 6.45) is -9.96. The minimum absolute atomic E-state index is 0.0127. The summed E-state index contributed by atoms with van der Waals surface area (Å²) in [6.45, 7) is 0. The molecule has 2 heterocycles. The molecule has 0 aliphatic carbocycles. The minimum Gasteiger partial charge on any atom is -0.478 e. The van der Waals surface area contributed by atoms with Crippen LogP contribution in [0.3, 0.4) is 0 Å². The van der Waals surface area contributed by atoms with Crippen molar-refractivity contribution in [3.05, 3.63) is 29.3 Å². The largest absolute Gasteiger partial charge is 0.478 e. The van der Waals surface area contributed by atoms with Crippen LogP contribution in [0.2, 0.25) is 0 Å². The van der Waals surface area contributed by atoms with Gasteiger partial charge in [-0.3, -0.25) is 0 Å². The standard InChI is InChI=1S/C13H7F6N5O2/c1-25-11-10(21-8-9(22-11)24-26-23-8)20-7-3-5(12(14,15)16)2-6(4-7)13(17,18)19/h2-4H,1H3,(H,20,21,23). The van der Waals surface area contributed by atoms with Crippen molar-refractivity contribution in [1.29, 1.82) is 0 Å². The molecule has 0 amide bonds. The molecule has 26 heavy (non-hydrogen) atoms. The lowest BCUT2D eigenvalue weighted by Crippen LogP contribution is -2.12. The second-order valence-corrected chi connectivity index (χ2v) is 4.91. The van der Waals surface area contributed by atoms with Gasteiger partial charge in [0.2, 0.25) is 11.3 Å². The Bertz CT molecular complexity index is 920. The van der Waals surface area contributed by atoms with Crippen molar-refractivity contribution in [3.8, 4) is 5.88 Å². The van der Waals surface area contributed by atoms with Gasteiger partial charge >= 0.3 is 12.4 Å². The number of methoxy groups -OCH3 is 1. The van der Waals surface area contributed by atoms with Crippen molar-refractivity contribution in [2.45, 2.75) is 12.4 Å². The molecule has 0 saturated carbocycles. The van der Waals surface area contributed by atoms with Gasteiger partial charge in [0.15, 0.2) is 5.82 Å². The third kappa shape index (κ3) is 3.45. The molecule has 1 aromatic carbocycles. The monoisotopic (exact) mass is 379 g/mol. The van der Waals surface area contributed by atoms with Crippen molar-refractivity contribution in [1.82, 2.24) is 20.3 Å². The normalized spacial score (nSPS) is 12.4. The number of hydrogen-bond acceptors (Lipinski definition) is 7. The topological polar surface area (TPSA) is 86.0 Å². The molecular formula is C13H7F6N5O2. The molecule has 3 rings (SSSR count). The predicted molar refractivity (Wildman–Crippen MR) is 73.7 cm³/mol. The summed E-state index contributed by atoms with van der Waals surface area (Å²) in [4.78, 5) is 7.69. The van der Waals surface area contributed by atoms with Gasteiger partial charge in [0.1, 0.15) is 0 Å². The van der Waals surface area contributed by atoms with Crippen molar-refractivity contribution in [2.24, 2.45) is 0 Å². The maximum atomic E-state index is 12.9. The summed E-state index contributed by atoms with van der Waals surface area (Å²) < 4.78 is 86.7. The summed E-state index contributed by atoms with van der Waals surface area (Å²) in [5, 5.41) is 9.12. The van der Waals surface area contributed by atoms with Gasteiger partial charge in [-0.05, 0) is 28.5 Å². The number of hydrogen-bond donors (Lipinski definition) is 1. The van der Waals surface area contributed by atoms with Crippen LogP contribution in [0.4, 0.5) is 37.8 Å². The number of fused-ring (bicyclic) bond motifs is 1. The lowest BCUT2D eigenvalue weighted by Gasteiger charge is -2.15. The SMILES string of the molecule is COc1nc2nonc2nc1Nc1cc(C(F)(F)F)cc(C(F)(F)F)c1. The number of halogens is 6. The fourth-order valence-corrected chi connectivity index (χ4v) is 2.01. The summed E-state index contributed by atoms with van der Waals surface area (Å²) in [5.74, 6) is -0.484. The zero-order valence-corrected chi connectivity index (χ0v) is 12.6. The first-order chi connectivity index (χ1) is 12.1. The molecule has 0 radical (unpaired) electrons. The van der Waals surface area contributed by atoms with Crippen molar-refractivity contribution >= 4 is 22.8 Å². The lowest BCUT2D eigenvalue weighted by molar-refractivity contribution is -0.143. The number of ether oxygens (including phenoxy) is 1. The molecule has 3 aromatic rings. The number of nitrogens with zero attached hydrogens (tertiary/aromatic N) is 4. The first-order valence-electron chi connectivity index (χ1n) is 6.69. The van der Waals surface area contributed by atoms with Crippen LogP contribution in [0, 0.1) is 0 Å². The van der Waals surface area contributed by atoms with E-state index in [0.717, 1.165) is 0 Å². The molecule has 0 fully saturated rings. The van der Waals surface area contributed by atoms with E-state index in [1.807, 2.05) is 0 Å². The fraction of sp³-hybridized carbons (Fsp3) is 0.231. The minimum atomic E-state index is -4.98. The van der Waals surface area contributed by atoms with Crippen LogP contribution in [0.1, 0.15) is 11.1 Å². The van der Waals surface area contributed by atoms with Crippen LogP contribution in [0.25, 0.3) is 11.3 Å². The summed E-state index contributed by atoms with van der Waals surface area (Å²) in [6, 6.07) is 1.02. The molecule has 13 heteroatoms. The smallest absolute Gasteiger partial charge is 0.416 e. The van der Waals surface area contributed by atoms with Gasteiger partial charge in [0.25, 0.3) is 5.88 Å². The Balaban J connectivity index is 2.09. The Morgan fingerprint density at radius 3 is 1.92 bits per heavy atom. The average Bonchev–Trinajstić information content (AvgIpc) is 2.99. The van der Waals surface area contributed by atoms with Gasteiger partial charge in [-0.25, -0.2) is 4.63 Å². The second-order valence-electron chi connectivity index (χ2n) is 4.91. The maximum absolute atomic E-state index is 12.9. The van der Waals surface area contributed by atoms with Crippen LogP contribution >= 0.6 is 0 Å². The van der Waals surface area contributed by atoms with Gasteiger partial charge < -0.3 is 10.1 Å². The van der Waals surface area contributed by atoms with Crippen molar-refractivity contribution in [3.63, 3.8) is 0 Å². The molecular weight excluding hydrogens is 372 g/mol. The van der Waals surface area contributed by atoms with E-state index in [9.17, 15) is 26.3 Å². The van der Waals surface area contributed by atoms with Crippen LogP contribution < -0.4 is 10.1 Å². The van der Waals surface area contributed by atoms with E-state index in [4.69, 9.17) is 4.74 Å². The van der Waals surface area contributed by atoms with E-state index in [0.29, 0.717) is 12.1 Å². The van der Waals surface area contributed by atoms with Gasteiger partial charge in [-0.1, -0.05) is 0 Å². The highest BCUT2D eigenvalue weighted by Crippen LogP contribution is 2.38. The Morgan fingerprint density at radius 1 is 0.885 bits per heavy atom.